The van der Waals surface area contributed by atoms with Gasteiger partial charge in [-0.1, -0.05) is 59.2 Å². The van der Waals surface area contributed by atoms with Crippen molar-refractivity contribution in [3.8, 4) is 0 Å². The number of carbonyl (C=O) groups excluding carboxylic acids is 1. The Morgan fingerprint density at radius 3 is 2.51 bits per heavy atom. The van der Waals surface area contributed by atoms with Gasteiger partial charge in [0, 0.05) is 10.4 Å². The van der Waals surface area contributed by atoms with Crippen LogP contribution in [0.2, 0.25) is 5.02 Å². The molecule has 6 nitrogen and oxygen atoms in total. The van der Waals surface area contributed by atoms with Crippen LogP contribution in [0.4, 0.5) is 0 Å². The molecule has 1 unspecified atom stereocenters. The zero-order chi connectivity index (χ0) is 26.1. The van der Waals surface area contributed by atoms with Crippen LogP contribution in [0.15, 0.2) is 81.7 Å². The Morgan fingerprint density at radius 2 is 1.81 bits per heavy atom. The van der Waals surface area contributed by atoms with Gasteiger partial charge >= 0.3 is 0 Å². The molecule has 7 heteroatoms. The summed E-state index contributed by atoms with van der Waals surface area (Å²) < 4.78 is 11.1. The molecule has 2 N–H and O–H groups in total. The van der Waals surface area contributed by atoms with Gasteiger partial charge in [0.05, 0.1) is 23.7 Å². The summed E-state index contributed by atoms with van der Waals surface area (Å²) in [5, 5.41) is 19.4. The molecule has 0 saturated heterocycles. The number of halogens is 1. The van der Waals surface area contributed by atoms with Crippen LogP contribution in [0.1, 0.15) is 57.2 Å². The maximum Gasteiger partial charge on any atom is 0.225 e. The Bertz CT molecular complexity index is 1550. The van der Waals surface area contributed by atoms with E-state index in [-0.39, 0.29) is 18.4 Å². The molecule has 0 aliphatic carbocycles. The number of amides is 1. The van der Waals surface area contributed by atoms with Crippen molar-refractivity contribution in [1.29, 1.82) is 0 Å². The van der Waals surface area contributed by atoms with Gasteiger partial charge < -0.3 is 19.4 Å². The van der Waals surface area contributed by atoms with Crippen LogP contribution < -0.4 is 5.32 Å². The second-order valence-electron chi connectivity index (χ2n) is 9.25. The van der Waals surface area contributed by atoms with Gasteiger partial charge in [0.2, 0.25) is 5.91 Å². The summed E-state index contributed by atoms with van der Waals surface area (Å²) in [6.45, 7) is 5.53. The van der Waals surface area contributed by atoms with E-state index in [2.05, 4.69) is 10.5 Å². The zero-order valence-electron chi connectivity index (χ0n) is 20.8. The minimum absolute atomic E-state index is 0.109. The summed E-state index contributed by atoms with van der Waals surface area (Å²) >= 11 is 6.18. The molecule has 0 spiro atoms. The molecule has 0 fully saturated rings. The maximum atomic E-state index is 13.2. The lowest BCUT2D eigenvalue weighted by Gasteiger charge is -2.22. The number of aliphatic hydroxyl groups excluding tert-OH is 1. The minimum Gasteiger partial charge on any atom is -0.458 e. The van der Waals surface area contributed by atoms with Gasteiger partial charge in [0.15, 0.2) is 0 Å². The molecular formula is C30H27ClN2O4. The summed E-state index contributed by atoms with van der Waals surface area (Å²) in [5.41, 5.74) is 5.67. The van der Waals surface area contributed by atoms with Crippen molar-refractivity contribution >= 4 is 28.5 Å². The lowest BCUT2D eigenvalue weighted by atomic mass is 9.94. The van der Waals surface area contributed by atoms with Crippen LogP contribution in [0.5, 0.6) is 0 Å². The van der Waals surface area contributed by atoms with Crippen molar-refractivity contribution in [2.45, 2.75) is 39.3 Å². The van der Waals surface area contributed by atoms with Crippen LogP contribution in [0.25, 0.3) is 11.0 Å². The van der Waals surface area contributed by atoms with E-state index in [1.807, 2.05) is 73.7 Å². The highest BCUT2D eigenvalue weighted by molar-refractivity contribution is 6.30. The van der Waals surface area contributed by atoms with Gasteiger partial charge in [0.25, 0.3) is 0 Å². The van der Waals surface area contributed by atoms with Crippen molar-refractivity contribution in [3.05, 3.63) is 123 Å². The fourth-order valence-electron chi connectivity index (χ4n) is 4.73. The summed E-state index contributed by atoms with van der Waals surface area (Å²) in [7, 11) is 0. The summed E-state index contributed by atoms with van der Waals surface area (Å²) in [6.07, 6.45) is -0.793. The molecule has 3 aromatic carbocycles. The molecule has 37 heavy (non-hydrogen) atoms. The molecule has 2 aromatic heterocycles. The SMILES string of the molecule is Cc1cc(Cl)ccc1C(NC(=O)Cc1ccc2oc([C@@H](O)c3c(C)noc3C)cc2c1)c1ccccc1. The molecule has 0 aliphatic rings. The van der Waals surface area contributed by atoms with E-state index >= 15 is 0 Å². The smallest absolute Gasteiger partial charge is 0.225 e. The predicted octanol–water partition coefficient (Wildman–Crippen LogP) is 6.53. The molecule has 0 bridgehead atoms. The van der Waals surface area contributed by atoms with Gasteiger partial charge in [0.1, 0.15) is 23.2 Å². The number of fused-ring (bicyclic) bond motifs is 1. The average Bonchev–Trinajstić information content (AvgIpc) is 3.45. The number of nitrogens with zero attached hydrogens (tertiary/aromatic N) is 1. The Kier molecular flexibility index (Phi) is 6.87. The third kappa shape index (κ3) is 5.17. The minimum atomic E-state index is -0.986. The molecular weight excluding hydrogens is 488 g/mol. The Balaban J connectivity index is 1.37. The Labute approximate surface area is 219 Å². The van der Waals surface area contributed by atoms with Gasteiger partial charge in [-0.25, -0.2) is 0 Å². The summed E-state index contributed by atoms with van der Waals surface area (Å²) in [5.74, 6) is 0.835. The summed E-state index contributed by atoms with van der Waals surface area (Å²) in [4.78, 5) is 13.2. The van der Waals surface area contributed by atoms with Gasteiger partial charge in [-0.15, -0.1) is 0 Å². The van der Waals surface area contributed by atoms with Crippen LogP contribution in [-0.4, -0.2) is 16.2 Å². The van der Waals surface area contributed by atoms with Gasteiger partial charge in [-0.05, 0) is 73.4 Å². The number of aliphatic hydroxyl groups is 1. The van der Waals surface area contributed by atoms with Crippen molar-refractivity contribution in [2.24, 2.45) is 0 Å². The van der Waals surface area contributed by atoms with E-state index in [9.17, 15) is 9.90 Å². The molecule has 0 aliphatic heterocycles. The Morgan fingerprint density at radius 1 is 1.03 bits per heavy atom. The van der Waals surface area contributed by atoms with Crippen molar-refractivity contribution in [1.82, 2.24) is 10.5 Å². The zero-order valence-corrected chi connectivity index (χ0v) is 21.5. The standard InChI is InChI=1S/C30H27ClN2O4/c1-17-13-23(31)10-11-24(17)29(21-7-5-4-6-8-21)32-27(34)15-20-9-12-25-22(14-20)16-26(36-25)30(35)28-18(2)33-37-19(28)3/h4-14,16,29-30,35H,15H2,1-3H3,(H,32,34)/t29?,30-/m1/s1. The molecule has 5 rings (SSSR count). The first-order valence-electron chi connectivity index (χ1n) is 12.0. The quantitative estimate of drug-likeness (QED) is 0.258. The van der Waals surface area contributed by atoms with E-state index in [0.717, 1.165) is 27.6 Å². The summed E-state index contributed by atoms with van der Waals surface area (Å²) in [6, 6.07) is 22.7. The van der Waals surface area contributed by atoms with Crippen LogP contribution in [0.3, 0.4) is 0 Å². The fraction of sp³-hybridized carbons (Fsp3) is 0.200. The largest absolute Gasteiger partial charge is 0.458 e. The van der Waals surface area contributed by atoms with Gasteiger partial charge in [-0.2, -0.15) is 0 Å². The molecule has 2 heterocycles. The average molecular weight is 515 g/mol. The van der Waals surface area contributed by atoms with Crippen LogP contribution in [0, 0.1) is 20.8 Å². The first-order valence-corrected chi connectivity index (χ1v) is 12.4. The number of furan rings is 1. The highest BCUT2D eigenvalue weighted by atomic mass is 35.5. The van der Waals surface area contributed by atoms with E-state index in [0.29, 0.717) is 33.4 Å². The predicted molar refractivity (Wildman–Crippen MR) is 143 cm³/mol. The highest BCUT2D eigenvalue weighted by Gasteiger charge is 2.24. The van der Waals surface area contributed by atoms with E-state index in [1.165, 1.54) is 0 Å². The maximum absolute atomic E-state index is 13.2. The van der Waals surface area contributed by atoms with Crippen LogP contribution >= 0.6 is 11.6 Å². The first-order chi connectivity index (χ1) is 17.8. The van der Waals surface area contributed by atoms with Crippen molar-refractivity contribution in [3.63, 3.8) is 0 Å². The topological polar surface area (TPSA) is 88.5 Å². The molecule has 1 amide bonds. The third-order valence-corrected chi connectivity index (χ3v) is 6.81. The fourth-order valence-corrected chi connectivity index (χ4v) is 4.95. The lowest BCUT2D eigenvalue weighted by molar-refractivity contribution is -0.120. The first kappa shape index (κ1) is 24.8. The van der Waals surface area contributed by atoms with Crippen LogP contribution in [-0.2, 0) is 11.2 Å². The molecule has 0 saturated carbocycles. The molecule has 188 valence electrons. The number of rotatable bonds is 7. The molecule has 5 aromatic rings. The number of nitrogens with one attached hydrogen (secondary N) is 1. The normalized spacial score (nSPS) is 13.0. The lowest BCUT2D eigenvalue weighted by Crippen LogP contribution is -2.31. The third-order valence-electron chi connectivity index (χ3n) is 6.58. The molecule has 2 atom stereocenters. The van der Waals surface area contributed by atoms with E-state index in [1.54, 1.807) is 19.9 Å². The number of hydrogen-bond acceptors (Lipinski definition) is 5. The van der Waals surface area contributed by atoms with E-state index < -0.39 is 6.10 Å². The monoisotopic (exact) mass is 514 g/mol. The second kappa shape index (κ2) is 10.2. The van der Waals surface area contributed by atoms with E-state index in [4.69, 9.17) is 20.5 Å². The number of hydrogen-bond donors (Lipinski definition) is 2. The number of benzene rings is 3. The number of aromatic nitrogens is 1. The number of carbonyl (C=O) groups is 1. The number of aryl methyl sites for hydroxylation is 3. The molecule has 0 radical (unpaired) electrons. The second-order valence-corrected chi connectivity index (χ2v) is 9.69. The van der Waals surface area contributed by atoms with Crippen molar-refractivity contribution < 1.29 is 18.8 Å². The highest BCUT2D eigenvalue weighted by Crippen LogP contribution is 2.32. The Hall–Kier alpha value is -3.87. The van der Waals surface area contributed by atoms with Crippen molar-refractivity contribution in [2.75, 3.05) is 0 Å². The van der Waals surface area contributed by atoms with Gasteiger partial charge in [-0.3, -0.25) is 4.79 Å².